The second-order valence-corrected chi connectivity index (χ2v) is 8.61. The summed E-state index contributed by atoms with van der Waals surface area (Å²) in [5.41, 5.74) is 2.80. The van der Waals surface area contributed by atoms with E-state index in [1.54, 1.807) is 24.3 Å². The van der Waals surface area contributed by atoms with Gasteiger partial charge in [0.05, 0.1) is 6.61 Å². The molecule has 0 aromatic heterocycles. The molecule has 0 fully saturated rings. The second kappa shape index (κ2) is 11.3. The van der Waals surface area contributed by atoms with Crippen LogP contribution in [0.2, 0.25) is 0 Å². The van der Waals surface area contributed by atoms with E-state index in [4.69, 9.17) is 0 Å². The molecule has 174 valence electrons. The van der Waals surface area contributed by atoms with Gasteiger partial charge in [-0.25, -0.2) is 4.39 Å². The first-order valence-corrected chi connectivity index (χ1v) is 11.1. The molecule has 0 saturated carbocycles. The predicted molar refractivity (Wildman–Crippen MR) is 128 cm³/mol. The Labute approximate surface area is 194 Å². The van der Waals surface area contributed by atoms with Gasteiger partial charge >= 0.3 is 0 Å². The van der Waals surface area contributed by atoms with E-state index in [1.807, 2.05) is 49.3 Å². The van der Waals surface area contributed by atoms with Crippen molar-refractivity contribution in [3.8, 4) is 0 Å². The lowest BCUT2D eigenvalue weighted by molar-refractivity contribution is 0.0639. The van der Waals surface area contributed by atoms with Gasteiger partial charge in [0, 0.05) is 0 Å². The molecular weight excluding hydrogens is 419 g/mol. The summed E-state index contributed by atoms with van der Waals surface area (Å²) in [6.07, 6.45) is 1.57. The van der Waals surface area contributed by atoms with Crippen LogP contribution in [0.25, 0.3) is 0 Å². The van der Waals surface area contributed by atoms with Crippen LogP contribution in [0.1, 0.15) is 46.2 Å². The van der Waals surface area contributed by atoms with Gasteiger partial charge < -0.3 is 15.1 Å². The van der Waals surface area contributed by atoms with Crippen LogP contribution in [0, 0.1) is 10.7 Å². The topological polar surface area (TPSA) is 73.1 Å². The Hall–Kier alpha value is -2.93. The van der Waals surface area contributed by atoms with Gasteiger partial charge in [0.1, 0.15) is 18.0 Å². The fourth-order valence-corrected chi connectivity index (χ4v) is 4.36. The predicted octanol–water partition coefficient (Wildman–Crippen LogP) is 4.75. The standard InChI is InChI=1S/C27H31FN2O3/c1-30(2)16-6-15-27(32,22-10-12-23(28)13-11-22)26-14-9-21(18-29-33)24(25(26)19-31)17-20-7-4-3-5-8-20/h3-5,7-14,31-32H,6,15-19H2,1-2H3. The van der Waals surface area contributed by atoms with Gasteiger partial charge in [-0.1, -0.05) is 59.8 Å². The first-order chi connectivity index (χ1) is 15.9. The van der Waals surface area contributed by atoms with Crippen LogP contribution in [0.5, 0.6) is 0 Å². The van der Waals surface area contributed by atoms with Gasteiger partial charge in [-0.3, -0.25) is 0 Å². The van der Waals surface area contributed by atoms with E-state index in [9.17, 15) is 19.5 Å². The highest BCUT2D eigenvalue weighted by atomic mass is 19.1. The molecule has 6 heteroatoms. The average Bonchev–Trinajstić information content (AvgIpc) is 2.80. The third kappa shape index (κ3) is 5.90. The zero-order chi connectivity index (χ0) is 23.8. The minimum absolute atomic E-state index is 0.0228. The summed E-state index contributed by atoms with van der Waals surface area (Å²) in [5.74, 6) is -0.381. The van der Waals surface area contributed by atoms with E-state index >= 15 is 0 Å². The molecule has 3 aromatic carbocycles. The van der Waals surface area contributed by atoms with E-state index in [2.05, 4.69) is 5.18 Å². The number of aliphatic hydroxyl groups excluding tert-OH is 1. The Morgan fingerprint density at radius 2 is 1.67 bits per heavy atom. The van der Waals surface area contributed by atoms with Gasteiger partial charge in [-0.2, -0.15) is 4.91 Å². The molecule has 1 atom stereocenters. The van der Waals surface area contributed by atoms with Crippen molar-refractivity contribution in [2.24, 2.45) is 5.18 Å². The van der Waals surface area contributed by atoms with Crippen LogP contribution < -0.4 is 0 Å². The number of benzene rings is 3. The van der Waals surface area contributed by atoms with Gasteiger partial charge in [-0.15, -0.1) is 0 Å². The molecule has 0 spiro atoms. The SMILES string of the molecule is CN(C)CCCC(O)(c1ccc(F)cc1)c1ccc(CN=O)c(Cc2ccccc2)c1CO. The molecule has 3 rings (SSSR count). The maximum absolute atomic E-state index is 13.7. The summed E-state index contributed by atoms with van der Waals surface area (Å²) in [4.78, 5) is 13.2. The van der Waals surface area contributed by atoms with Crippen LogP contribution in [0.15, 0.2) is 71.9 Å². The third-order valence-electron chi connectivity index (χ3n) is 6.06. The number of nitroso groups, excluding NO2 is 1. The summed E-state index contributed by atoms with van der Waals surface area (Å²) in [5, 5.41) is 25.6. The highest BCUT2D eigenvalue weighted by Crippen LogP contribution is 2.39. The molecule has 0 aliphatic rings. The quantitative estimate of drug-likeness (QED) is 0.414. The Balaban J connectivity index is 2.16. The molecule has 1 unspecified atom stereocenters. The van der Waals surface area contributed by atoms with Crippen molar-refractivity contribution in [1.29, 1.82) is 0 Å². The second-order valence-electron chi connectivity index (χ2n) is 8.61. The summed E-state index contributed by atoms with van der Waals surface area (Å²) in [7, 11) is 3.94. The van der Waals surface area contributed by atoms with E-state index in [1.165, 1.54) is 12.1 Å². The number of hydrogen-bond donors (Lipinski definition) is 2. The lowest BCUT2D eigenvalue weighted by Gasteiger charge is -2.33. The van der Waals surface area contributed by atoms with E-state index in [0.29, 0.717) is 36.0 Å². The Morgan fingerprint density at radius 3 is 2.27 bits per heavy atom. The third-order valence-corrected chi connectivity index (χ3v) is 6.06. The van der Waals surface area contributed by atoms with Crippen LogP contribution >= 0.6 is 0 Å². The van der Waals surface area contributed by atoms with Gasteiger partial charge in [0.25, 0.3) is 0 Å². The monoisotopic (exact) mass is 450 g/mol. The molecule has 5 nitrogen and oxygen atoms in total. The highest BCUT2D eigenvalue weighted by Gasteiger charge is 2.34. The van der Waals surface area contributed by atoms with E-state index < -0.39 is 5.60 Å². The normalized spacial score (nSPS) is 13.2. The largest absolute Gasteiger partial charge is 0.392 e. The molecule has 0 amide bonds. The molecule has 0 bridgehead atoms. The zero-order valence-electron chi connectivity index (χ0n) is 19.2. The van der Waals surface area contributed by atoms with E-state index in [0.717, 1.165) is 23.2 Å². The lowest BCUT2D eigenvalue weighted by Crippen LogP contribution is -2.31. The first kappa shape index (κ1) is 24.7. The summed E-state index contributed by atoms with van der Waals surface area (Å²) in [6.45, 7) is 0.439. The minimum atomic E-state index is -1.43. The fraction of sp³-hybridized carbons (Fsp3) is 0.333. The number of nitrogens with zero attached hydrogens (tertiary/aromatic N) is 2. The molecule has 0 heterocycles. The zero-order valence-corrected chi connectivity index (χ0v) is 19.2. The van der Waals surface area contributed by atoms with Gasteiger partial charge in [-0.05, 0) is 85.4 Å². The molecule has 2 N–H and O–H groups in total. The van der Waals surface area contributed by atoms with Gasteiger partial charge in [0.15, 0.2) is 0 Å². The van der Waals surface area contributed by atoms with Crippen molar-refractivity contribution < 1.29 is 14.6 Å². The van der Waals surface area contributed by atoms with Crippen molar-refractivity contribution in [2.75, 3.05) is 20.6 Å². The van der Waals surface area contributed by atoms with E-state index in [-0.39, 0.29) is 19.0 Å². The average molecular weight is 451 g/mol. The maximum Gasteiger partial charge on any atom is 0.123 e. The van der Waals surface area contributed by atoms with Crippen molar-refractivity contribution in [3.63, 3.8) is 0 Å². The van der Waals surface area contributed by atoms with Gasteiger partial charge in [0.2, 0.25) is 0 Å². The Morgan fingerprint density at radius 1 is 0.970 bits per heavy atom. The van der Waals surface area contributed by atoms with Crippen molar-refractivity contribution in [3.05, 3.63) is 111 Å². The Bertz CT molecular complexity index is 1050. The molecule has 3 aromatic rings. The number of aliphatic hydroxyl groups is 2. The minimum Gasteiger partial charge on any atom is -0.392 e. The smallest absolute Gasteiger partial charge is 0.123 e. The summed E-state index contributed by atoms with van der Waals surface area (Å²) in [6, 6.07) is 19.2. The lowest BCUT2D eigenvalue weighted by atomic mass is 9.77. The van der Waals surface area contributed by atoms with Crippen molar-refractivity contribution >= 4 is 0 Å². The molecule has 0 aliphatic heterocycles. The number of hydrogen-bond acceptors (Lipinski definition) is 5. The molecule has 33 heavy (non-hydrogen) atoms. The first-order valence-electron chi connectivity index (χ1n) is 11.1. The number of halogens is 1. The molecular formula is C27H31FN2O3. The molecule has 0 saturated heterocycles. The van der Waals surface area contributed by atoms with Crippen molar-refractivity contribution in [1.82, 2.24) is 4.90 Å². The van der Waals surface area contributed by atoms with Crippen LogP contribution in [0.4, 0.5) is 4.39 Å². The van der Waals surface area contributed by atoms with Crippen LogP contribution in [-0.2, 0) is 25.2 Å². The summed E-state index contributed by atoms with van der Waals surface area (Å²) < 4.78 is 13.7. The van der Waals surface area contributed by atoms with Crippen LogP contribution in [0.3, 0.4) is 0 Å². The number of rotatable bonds is 11. The summed E-state index contributed by atoms with van der Waals surface area (Å²) >= 11 is 0. The highest BCUT2D eigenvalue weighted by molar-refractivity contribution is 5.49. The fourth-order valence-electron chi connectivity index (χ4n) is 4.36. The van der Waals surface area contributed by atoms with Crippen molar-refractivity contribution in [2.45, 2.75) is 38.0 Å². The Kier molecular flexibility index (Phi) is 8.44. The van der Waals surface area contributed by atoms with Crippen LogP contribution in [-0.4, -0.2) is 35.8 Å². The maximum atomic E-state index is 13.7. The molecule has 0 radical (unpaired) electrons. The molecule has 0 aliphatic carbocycles.